The van der Waals surface area contributed by atoms with Crippen LogP contribution in [-0.2, 0) is 0 Å². The number of nitro groups is 1. The minimum Gasteiger partial charge on any atom is -0.388 e. The molecule has 0 saturated carbocycles. The van der Waals surface area contributed by atoms with Gasteiger partial charge in [0.1, 0.15) is 0 Å². The van der Waals surface area contributed by atoms with Gasteiger partial charge in [-0.3, -0.25) is 14.9 Å². The molecule has 19 heavy (non-hydrogen) atoms. The van der Waals surface area contributed by atoms with Crippen LogP contribution in [0.5, 0.6) is 0 Å². The number of benzene rings is 1. The lowest BCUT2D eigenvalue weighted by Gasteiger charge is -2.36. The molecule has 0 bridgehead atoms. The third-order valence-corrected chi connectivity index (χ3v) is 3.29. The summed E-state index contributed by atoms with van der Waals surface area (Å²) in [5.74, 6) is -0.199. The Hall–Kier alpha value is -1.95. The minimum absolute atomic E-state index is 0.0396. The van der Waals surface area contributed by atoms with E-state index in [1.807, 2.05) is 0 Å². The normalized spacial score (nSPS) is 23.2. The molecule has 1 fully saturated rings. The first kappa shape index (κ1) is 13.5. The van der Waals surface area contributed by atoms with Crippen molar-refractivity contribution in [2.45, 2.75) is 25.4 Å². The van der Waals surface area contributed by atoms with Crippen LogP contribution in [0.4, 0.5) is 5.69 Å². The predicted molar refractivity (Wildman–Crippen MR) is 68.9 cm³/mol. The van der Waals surface area contributed by atoms with E-state index in [1.54, 1.807) is 11.8 Å². The van der Waals surface area contributed by atoms with Crippen LogP contribution in [-0.4, -0.2) is 39.5 Å². The Labute approximate surface area is 110 Å². The molecule has 1 aliphatic heterocycles. The largest absolute Gasteiger partial charge is 0.388 e. The topological polar surface area (TPSA) is 83.7 Å². The van der Waals surface area contributed by atoms with Gasteiger partial charge in [-0.15, -0.1) is 0 Å². The molecule has 6 heteroatoms. The number of nitro benzene ring substituents is 1. The number of non-ortho nitro benzene ring substituents is 1. The Balaban J connectivity index is 2.13. The van der Waals surface area contributed by atoms with Crippen LogP contribution in [0.25, 0.3) is 0 Å². The van der Waals surface area contributed by atoms with Gasteiger partial charge in [0.2, 0.25) is 0 Å². The van der Waals surface area contributed by atoms with E-state index in [2.05, 4.69) is 0 Å². The maximum Gasteiger partial charge on any atom is 0.269 e. The molecule has 0 radical (unpaired) electrons. The number of amides is 1. The third-order valence-electron chi connectivity index (χ3n) is 3.29. The molecule has 1 unspecified atom stereocenters. The van der Waals surface area contributed by atoms with Crippen molar-refractivity contribution in [1.29, 1.82) is 0 Å². The van der Waals surface area contributed by atoms with Crippen molar-refractivity contribution in [2.75, 3.05) is 13.1 Å². The van der Waals surface area contributed by atoms with Crippen molar-refractivity contribution < 1.29 is 14.8 Å². The number of rotatable bonds is 2. The smallest absolute Gasteiger partial charge is 0.269 e. The van der Waals surface area contributed by atoms with Gasteiger partial charge in [-0.1, -0.05) is 0 Å². The van der Waals surface area contributed by atoms with Crippen LogP contribution >= 0.6 is 0 Å². The van der Waals surface area contributed by atoms with Crippen molar-refractivity contribution >= 4 is 11.6 Å². The second-order valence-corrected chi connectivity index (χ2v) is 5.13. The number of aliphatic hydroxyl groups is 1. The van der Waals surface area contributed by atoms with Gasteiger partial charge in [0.15, 0.2) is 0 Å². The van der Waals surface area contributed by atoms with Gasteiger partial charge in [0, 0.05) is 30.8 Å². The summed E-state index contributed by atoms with van der Waals surface area (Å²) in [5.41, 5.74) is -0.486. The van der Waals surface area contributed by atoms with E-state index in [0.717, 1.165) is 6.42 Å². The van der Waals surface area contributed by atoms with Crippen LogP contribution < -0.4 is 0 Å². The molecule has 102 valence electrons. The molecule has 0 aromatic heterocycles. The second kappa shape index (κ2) is 4.97. The molecule has 2 rings (SSSR count). The lowest BCUT2D eigenvalue weighted by atomic mass is 9.94. The second-order valence-electron chi connectivity index (χ2n) is 5.13. The molecular weight excluding hydrogens is 248 g/mol. The van der Waals surface area contributed by atoms with Crippen molar-refractivity contribution in [2.24, 2.45) is 0 Å². The Kier molecular flexibility index (Phi) is 3.53. The summed E-state index contributed by atoms with van der Waals surface area (Å²) >= 11 is 0. The van der Waals surface area contributed by atoms with Crippen LogP contribution in [0.3, 0.4) is 0 Å². The Morgan fingerprint density at radius 1 is 1.42 bits per heavy atom. The first-order chi connectivity index (χ1) is 8.89. The molecule has 1 aromatic rings. The fourth-order valence-electron chi connectivity index (χ4n) is 2.30. The highest BCUT2D eigenvalue weighted by atomic mass is 16.6. The Bertz CT molecular complexity index is 496. The SMILES string of the molecule is CC1(O)CCCN(C(=O)c2ccc([N+](=O)[O-])cc2)C1. The number of hydrogen-bond acceptors (Lipinski definition) is 4. The summed E-state index contributed by atoms with van der Waals surface area (Å²) in [4.78, 5) is 23.8. The van der Waals surface area contributed by atoms with Crippen molar-refractivity contribution in [3.05, 3.63) is 39.9 Å². The van der Waals surface area contributed by atoms with Gasteiger partial charge in [0.25, 0.3) is 11.6 Å². The summed E-state index contributed by atoms with van der Waals surface area (Å²) in [6, 6.07) is 5.53. The maximum atomic E-state index is 12.2. The molecule has 1 aliphatic rings. The van der Waals surface area contributed by atoms with E-state index in [1.165, 1.54) is 24.3 Å². The molecule has 1 amide bonds. The molecule has 1 aromatic carbocycles. The van der Waals surface area contributed by atoms with Gasteiger partial charge < -0.3 is 10.0 Å². The first-order valence-corrected chi connectivity index (χ1v) is 6.15. The van der Waals surface area contributed by atoms with Crippen LogP contribution in [0.1, 0.15) is 30.1 Å². The van der Waals surface area contributed by atoms with E-state index < -0.39 is 10.5 Å². The highest BCUT2D eigenvalue weighted by Crippen LogP contribution is 2.22. The van der Waals surface area contributed by atoms with Gasteiger partial charge in [0.05, 0.1) is 10.5 Å². The highest BCUT2D eigenvalue weighted by molar-refractivity contribution is 5.94. The summed E-state index contributed by atoms with van der Waals surface area (Å²) in [7, 11) is 0. The standard InChI is InChI=1S/C13H16N2O4/c1-13(17)7-2-8-14(9-13)12(16)10-3-5-11(6-4-10)15(18)19/h3-6,17H,2,7-9H2,1H3. The predicted octanol–water partition coefficient (Wildman–Crippen LogP) is 1.58. The van der Waals surface area contributed by atoms with Gasteiger partial charge in [-0.25, -0.2) is 0 Å². The number of nitrogens with zero attached hydrogens (tertiary/aromatic N) is 2. The zero-order chi connectivity index (χ0) is 14.0. The van der Waals surface area contributed by atoms with E-state index in [4.69, 9.17) is 0 Å². The van der Waals surface area contributed by atoms with Crippen LogP contribution in [0.2, 0.25) is 0 Å². The third kappa shape index (κ3) is 3.08. The number of hydrogen-bond donors (Lipinski definition) is 1. The first-order valence-electron chi connectivity index (χ1n) is 6.15. The molecule has 0 aliphatic carbocycles. The molecule has 1 atom stereocenters. The Morgan fingerprint density at radius 2 is 2.05 bits per heavy atom. The molecule has 0 spiro atoms. The molecular formula is C13H16N2O4. The highest BCUT2D eigenvalue weighted by Gasteiger charge is 2.31. The number of carbonyl (C=O) groups is 1. The van der Waals surface area contributed by atoms with Crippen molar-refractivity contribution in [3.8, 4) is 0 Å². The quantitative estimate of drug-likeness (QED) is 0.649. The monoisotopic (exact) mass is 264 g/mol. The molecule has 1 heterocycles. The van der Waals surface area contributed by atoms with E-state index in [9.17, 15) is 20.0 Å². The average Bonchev–Trinajstić information content (AvgIpc) is 2.37. The molecule has 1 N–H and O–H groups in total. The number of β-amino-alcohol motifs (C(OH)–C–C–N with tert-alkyl or cyclic N) is 1. The van der Waals surface area contributed by atoms with Crippen LogP contribution in [0.15, 0.2) is 24.3 Å². The lowest BCUT2D eigenvalue weighted by Crippen LogP contribution is -2.48. The molecule has 1 saturated heterocycles. The summed E-state index contributed by atoms with van der Waals surface area (Å²) < 4.78 is 0. The Morgan fingerprint density at radius 3 is 2.58 bits per heavy atom. The van der Waals surface area contributed by atoms with E-state index in [0.29, 0.717) is 25.1 Å². The zero-order valence-corrected chi connectivity index (χ0v) is 10.7. The van der Waals surface area contributed by atoms with E-state index in [-0.39, 0.29) is 11.6 Å². The molecule has 6 nitrogen and oxygen atoms in total. The number of piperidine rings is 1. The van der Waals surface area contributed by atoms with Crippen LogP contribution in [0, 0.1) is 10.1 Å². The van der Waals surface area contributed by atoms with Gasteiger partial charge in [-0.05, 0) is 31.9 Å². The van der Waals surface area contributed by atoms with Crippen molar-refractivity contribution in [3.63, 3.8) is 0 Å². The fraction of sp³-hybridized carbons (Fsp3) is 0.462. The minimum atomic E-state index is -0.852. The van der Waals surface area contributed by atoms with Gasteiger partial charge in [-0.2, -0.15) is 0 Å². The van der Waals surface area contributed by atoms with E-state index >= 15 is 0 Å². The zero-order valence-electron chi connectivity index (χ0n) is 10.7. The average molecular weight is 264 g/mol. The van der Waals surface area contributed by atoms with Crippen molar-refractivity contribution in [1.82, 2.24) is 4.90 Å². The number of carbonyl (C=O) groups excluding carboxylic acids is 1. The number of likely N-dealkylation sites (tertiary alicyclic amines) is 1. The fourth-order valence-corrected chi connectivity index (χ4v) is 2.30. The lowest BCUT2D eigenvalue weighted by molar-refractivity contribution is -0.384. The summed E-state index contributed by atoms with van der Waals surface area (Å²) in [6.45, 7) is 2.61. The summed E-state index contributed by atoms with van der Waals surface area (Å²) in [5, 5.41) is 20.5. The summed E-state index contributed by atoms with van der Waals surface area (Å²) in [6.07, 6.45) is 1.43. The van der Waals surface area contributed by atoms with Gasteiger partial charge >= 0.3 is 0 Å². The maximum absolute atomic E-state index is 12.2.